The van der Waals surface area contributed by atoms with Crippen molar-refractivity contribution in [1.82, 2.24) is 25.2 Å². The molecule has 0 aromatic carbocycles. The van der Waals surface area contributed by atoms with Crippen LogP contribution in [0, 0.1) is 0 Å². The van der Waals surface area contributed by atoms with E-state index in [-0.39, 0.29) is 11.8 Å². The molecule has 1 saturated carbocycles. The molecule has 3 heterocycles. The van der Waals surface area contributed by atoms with Gasteiger partial charge in [0.1, 0.15) is 5.69 Å². The molecular formula is C15H19N5O2. The molecule has 2 aromatic heterocycles. The molecule has 1 amide bonds. The summed E-state index contributed by atoms with van der Waals surface area (Å²) in [6, 6.07) is 1.69. The number of carbonyl (C=O) groups excluding carboxylic acids is 1. The number of H-pyrrole nitrogens is 1. The Bertz CT molecular complexity index is 645. The van der Waals surface area contributed by atoms with Crippen LogP contribution in [0.2, 0.25) is 0 Å². The highest BCUT2D eigenvalue weighted by Gasteiger charge is 2.33. The van der Waals surface area contributed by atoms with Crippen molar-refractivity contribution < 1.29 is 9.32 Å². The van der Waals surface area contributed by atoms with Gasteiger partial charge in [0.25, 0.3) is 5.91 Å². The fraction of sp³-hybridized carbons (Fsp3) is 0.600. The van der Waals surface area contributed by atoms with Gasteiger partial charge in [-0.3, -0.25) is 9.89 Å². The Kier molecular flexibility index (Phi) is 3.40. The zero-order chi connectivity index (χ0) is 14.9. The Morgan fingerprint density at radius 1 is 1.27 bits per heavy atom. The first-order valence-electron chi connectivity index (χ1n) is 7.93. The van der Waals surface area contributed by atoms with E-state index < -0.39 is 0 Å². The molecule has 2 fully saturated rings. The van der Waals surface area contributed by atoms with Gasteiger partial charge in [0.15, 0.2) is 5.82 Å². The molecule has 7 heteroatoms. The number of amides is 1. The third-order valence-corrected chi connectivity index (χ3v) is 4.73. The summed E-state index contributed by atoms with van der Waals surface area (Å²) < 4.78 is 5.46. The van der Waals surface area contributed by atoms with Gasteiger partial charge in [0.2, 0.25) is 5.89 Å². The molecule has 0 radical (unpaired) electrons. The molecule has 4 rings (SSSR count). The summed E-state index contributed by atoms with van der Waals surface area (Å²) in [6.45, 7) is 1.34. The highest BCUT2D eigenvalue weighted by molar-refractivity contribution is 5.92. The van der Waals surface area contributed by atoms with E-state index in [1.807, 2.05) is 4.90 Å². The minimum absolute atomic E-state index is 0.0180. The van der Waals surface area contributed by atoms with Crippen LogP contribution >= 0.6 is 0 Å². The predicted molar refractivity (Wildman–Crippen MR) is 77.4 cm³/mol. The number of rotatable bonds is 3. The molecule has 1 N–H and O–H groups in total. The Hall–Kier alpha value is -2.18. The summed E-state index contributed by atoms with van der Waals surface area (Å²) in [7, 11) is 0. The zero-order valence-corrected chi connectivity index (χ0v) is 12.4. The number of hydrogen-bond acceptors (Lipinski definition) is 5. The van der Waals surface area contributed by atoms with Gasteiger partial charge in [-0.1, -0.05) is 18.0 Å². The highest BCUT2D eigenvalue weighted by atomic mass is 16.5. The van der Waals surface area contributed by atoms with E-state index in [0.29, 0.717) is 30.6 Å². The lowest BCUT2D eigenvalue weighted by molar-refractivity contribution is 0.0784. The maximum absolute atomic E-state index is 12.3. The summed E-state index contributed by atoms with van der Waals surface area (Å²) >= 11 is 0. The maximum atomic E-state index is 12.3. The average molecular weight is 301 g/mol. The van der Waals surface area contributed by atoms with E-state index in [0.717, 1.165) is 25.1 Å². The van der Waals surface area contributed by atoms with E-state index in [1.165, 1.54) is 12.8 Å². The number of likely N-dealkylation sites (tertiary alicyclic amines) is 1. The lowest BCUT2D eigenvalue weighted by atomic mass is 10.1. The molecule has 1 aliphatic heterocycles. The lowest BCUT2D eigenvalue weighted by Gasteiger charge is -2.14. The van der Waals surface area contributed by atoms with E-state index in [1.54, 1.807) is 12.3 Å². The molecule has 7 nitrogen and oxygen atoms in total. The molecule has 0 spiro atoms. The quantitative estimate of drug-likeness (QED) is 0.937. The zero-order valence-electron chi connectivity index (χ0n) is 12.4. The van der Waals surface area contributed by atoms with Crippen LogP contribution in [-0.2, 0) is 0 Å². The van der Waals surface area contributed by atoms with Crippen molar-refractivity contribution in [2.45, 2.75) is 43.9 Å². The van der Waals surface area contributed by atoms with E-state index >= 15 is 0 Å². The Balaban J connectivity index is 1.43. The average Bonchev–Trinajstić information content (AvgIpc) is 3.35. The minimum atomic E-state index is -0.0180. The molecule has 1 saturated heterocycles. The van der Waals surface area contributed by atoms with Crippen molar-refractivity contribution in [3.63, 3.8) is 0 Å². The van der Waals surface area contributed by atoms with Crippen molar-refractivity contribution in [2.75, 3.05) is 13.1 Å². The van der Waals surface area contributed by atoms with Crippen LogP contribution in [0.3, 0.4) is 0 Å². The number of nitrogens with zero attached hydrogens (tertiary/aromatic N) is 4. The number of aromatic amines is 1. The monoisotopic (exact) mass is 301 g/mol. The van der Waals surface area contributed by atoms with Crippen LogP contribution < -0.4 is 0 Å². The molecule has 22 heavy (non-hydrogen) atoms. The number of aromatic nitrogens is 4. The van der Waals surface area contributed by atoms with Gasteiger partial charge >= 0.3 is 0 Å². The van der Waals surface area contributed by atoms with Crippen LogP contribution in [0.5, 0.6) is 0 Å². The number of carbonyl (C=O) groups is 1. The van der Waals surface area contributed by atoms with Crippen molar-refractivity contribution in [1.29, 1.82) is 0 Å². The van der Waals surface area contributed by atoms with Crippen LogP contribution in [0.4, 0.5) is 0 Å². The summed E-state index contributed by atoms with van der Waals surface area (Å²) in [5, 5.41) is 10.7. The summed E-state index contributed by atoms with van der Waals surface area (Å²) in [5.74, 6) is 2.12. The van der Waals surface area contributed by atoms with Crippen molar-refractivity contribution >= 4 is 5.91 Å². The molecule has 116 valence electrons. The maximum Gasteiger partial charge on any atom is 0.271 e. The van der Waals surface area contributed by atoms with Gasteiger partial charge in [-0.25, -0.2) is 0 Å². The molecule has 0 unspecified atom stereocenters. The number of hydrogen-bond donors (Lipinski definition) is 1. The van der Waals surface area contributed by atoms with Gasteiger partial charge in [-0.15, -0.1) is 0 Å². The minimum Gasteiger partial charge on any atom is -0.339 e. The molecular weight excluding hydrogens is 282 g/mol. The lowest BCUT2D eigenvalue weighted by Crippen LogP contribution is -2.28. The van der Waals surface area contributed by atoms with Gasteiger partial charge < -0.3 is 9.42 Å². The normalized spacial score (nSPS) is 22.5. The van der Waals surface area contributed by atoms with Crippen LogP contribution in [0.1, 0.15) is 66.1 Å². The third kappa shape index (κ3) is 2.40. The second-order valence-electron chi connectivity index (χ2n) is 6.18. The van der Waals surface area contributed by atoms with Gasteiger partial charge in [0, 0.05) is 25.2 Å². The summed E-state index contributed by atoms with van der Waals surface area (Å²) in [6.07, 6.45) is 7.29. The Labute approximate surface area is 128 Å². The highest BCUT2D eigenvalue weighted by Crippen LogP contribution is 2.34. The van der Waals surface area contributed by atoms with E-state index in [4.69, 9.17) is 4.52 Å². The fourth-order valence-electron chi connectivity index (χ4n) is 3.45. The predicted octanol–water partition coefficient (Wildman–Crippen LogP) is 2.08. The Morgan fingerprint density at radius 2 is 2.14 bits per heavy atom. The SMILES string of the molecule is O=C(c1ccn[nH]1)N1CC[C@@H](c2nc(C3CCCC3)no2)C1. The van der Waals surface area contributed by atoms with Crippen molar-refractivity contribution in [3.05, 3.63) is 29.7 Å². The molecule has 2 aliphatic rings. The van der Waals surface area contributed by atoms with E-state index in [9.17, 15) is 4.79 Å². The molecule has 0 bridgehead atoms. The fourth-order valence-corrected chi connectivity index (χ4v) is 3.45. The largest absolute Gasteiger partial charge is 0.339 e. The summed E-state index contributed by atoms with van der Waals surface area (Å²) in [4.78, 5) is 18.7. The number of nitrogens with one attached hydrogen (secondary N) is 1. The van der Waals surface area contributed by atoms with Crippen LogP contribution in [-0.4, -0.2) is 44.2 Å². The smallest absolute Gasteiger partial charge is 0.271 e. The van der Waals surface area contributed by atoms with Crippen LogP contribution in [0.15, 0.2) is 16.8 Å². The molecule has 2 aromatic rings. The first-order chi connectivity index (χ1) is 10.8. The molecule has 1 aliphatic carbocycles. The van der Waals surface area contributed by atoms with Crippen LogP contribution in [0.25, 0.3) is 0 Å². The first kappa shape index (κ1) is 13.5. The molecule has 1 atom stereocenters. The van der Waals surface area contributed by atoms with E-state index in [2.05, 4.69) is 20.3 Å². The summed E-state index contributed by atoms with van der Waals surface area (Å²) in [5.41, 5.74) is 0.526. The van der Waals surface area contributed by atoms with Gasteiger partial charge in [-0.2, -0.15) is 10.1 Å². The Morgan fingerprint density at radius 3 is 2.91 bits per heavy atom. The van der Waals surface area contributed by atoms with Gasteiger partial charge in [-0.05, 0) is 25.3 Å². The van der Waals surface area contributed by atoms with Crippen molar-refractivity contribution in [2.24, 2.45) is 0 Å². The third-order valence-electron chi connectivity index (χ3n) is 4.73. The van der Waals surface area contributed by atoms with Crippen molar-refractivity contribution in [3.8, 4) is 0 Å². The van der Waals surface area contributed by atoms with Gasteiger partial charge in [0.05, 0.1) is 5.92 Å². The standard InChI is InChI=1S/C15H19N5O2/c21-15(12-5-7-16-18-12)20-8-6-11(9-20)14-17-13(19-22-14)10-3-1-2-4-10/h5,7,10-11H,1-4,6,8-9H2,(H,16,18)/t11-/m1/s1. The second-order valence-corrected chi connectivity index (χ2v) is 6.18. The first-order valence-corrected chi connectivity index (χ1v) is 7.93. The second kappa shape index (κ2) is 5.55. The topological polar surface area (TPSA) is 87.9 Å².